The van der Waals surface area contributed by atoms with Crippen LogP contribution in [0.1, 0.15) is 11.1 Å². The van der Waals surface area contributed by atoms with Crippen LogP contribution in [0.3, 0.4) is 0 Å². The molecule has 2 aromatic rings. The topological polar surface area (TPSA) is 38.0 Å². The molecule has 0 spiro atoms. The Morgan fingerprint density at radius 2 is 2.06 bits per heavy atom. The predicted octanol–water partition coefficient (Wildman–Crippen LogP) is 3.53. The van der Waals surface area contributed by atoms with Crippen LogP contribution in [-0.4, -0.2) is 0 Å². The number of hydrogen-bond acceptors (Lipinski definition) is 3. The molecule has 1 heterocycles. The van der Waals surface area contributed by atoms with Crippen LogP contribution < -0.4 is 11.1 Å². The highest BCUT2D eigenvalue weighted by Gasteiger charge is 2.08. The zero-order valence-corrected chi connectivity index (χ0v) is 10.1. The minimum atomic E-state index is -0.741. The first-order chi connectivity index (χ1) is 8.08. The van der Waals surface area contributed by atoms with Gasteiger partial charge in [0.15, 0.2) is 5.82 Å². The average molecular weight is 254 g/mol. The van der Waals surface area contributed by atoms with E-state index in [4.69, 9.17) is 5.73 Å². The molecule has 90 valence electrons. The fourth-order valence-electron chi connectivity index (χ4n) is 1.49. The van der Waals surface area contributed by atoms with Crippen LogP contribution in [-0.2, 0) is 6.54 Å². The maximum atomic E-state index is 13.2. The van der Waals surface area contributed by atoms with Gasteiger partial charge < -0.3 is 11.1 Å². The minimum Gasteiger partial charge on any atom is -0.395 e. The highest BCUT2D eigenvalue weighted by atomic mass is 32.1. The molecule has 0 radical (unpaired) electrons. The number of rotatable bonds is 3. The van der Waals surface area contributed by atoms with Crippen LogP contribution in [0.25, 0.3) is 0 Å². The number of aryl methyl sites for hydroxylation is 1. The van der Waals surface area contributed by atoms with Gasteiger partial charge >= 0.3 is 0 Å². The van der Waals surface area contributed by atoms with Gasteiger partial charge in [-0.1, -0.05) is 0 Å². The number of halogens is 2. The summed E-state index contributed by atoms with van der Waals surface area (Å²) in [5, 5.41) is 6.95. The van der Waals surface area contributed by atoms with Crippen molar-refractivity contribution >= 4 is 22.7 Å². The van der Waals surface area contributed by atoms with Crippen molar-refractivity contribution in [2.45, 2.75) is 13.5 Å². The zero-order chi connectivity index (χ0) is 12.4. The molecule has 17 heavy (non-hydrogen) atoms. The summed E-state index contributed by atoms with van der Waals surface area (Å²) in [6.07, 6.45) is 0. The third kappa shape index (κ3) is 2.55. The van der Waals surface area contributed by atoms with Crippen molar-refractivity contribution in [1.82, 2.24) is 0 Å². The van der Waals surface area contributed by atoms with Crippen molar-refractivity contribution in [3.05, 3.63) is 45.7 Å². The van der Waals surface area contributed by atoms with E-state index in [2.05, 4.69) is 5.32 Å². The lowest BCUT2D eigenvalue weighted by atomic mass is 10.2. The maximum absolute atomic E-state index is 13.2. The summed E-state index contributed by atoms with van der Waals surface area (Å²) in [5.74, 6) is -1.38. The number of nitrogens with one attached hydrogen (secondary N) is 1. The first-order valence-corrected chi connectivity index (χ1v) is 6.02. The van der Waals surface area contributed by atoms with Crippen LogP contribution in [0.2, 0.25) is 0 Å². The Balaban J connectivity index is 2.17. The van der Waals surface area contributed by atoms with E-state index in [1.165, 1.54) is 6.07 Å². The van der Waals surface area contributed by atoms with Gasteiger partial charge in [0.2, 0.25) is 0 Å². The van der Waals surface area contributed by atoms with Crippen LogP contribution in [0.4, 0.5) is 20.2 Å². The highest BCUT2D eigenvalue weighted by molar-refractivity contribution is 7.08. The first-order valence-electron chi connectivity index (χ1n) is 5.08. The number of anilines is 2. The van der Waals surface area contributed by atoms with Gasteiger partial charge in [0.1, 0.15) is 5.82 Å². The third-order valence-electron chi connectivity index (χ3n) is 2.53. The molecule has 2 rings (SSSR count). The number of nitrogen functional groups attached to an aromatic ring is 1. The molecule has 0 unspecified atom stereocenters. The van der Waals surface area contributed by atoms with Crippen molar-refractivity contribution in [3.8, 4) is 0 Å². The molecule has 1 aromatic heterocycles. The quantitative estimate of drug-likeness (QED) is 0.822. The number of nitrogens with two attached hydrogens (primary N) is 1. The van der Waals surface area contributed by atoms with E-state index in [1.54, 1.807) is 11.3 Å². The van der Waals surface area contributed by atoms with Gasteiger partial charge in [-0.15, -0.1) is 0 Å². The molecule has 0 saturated heterocycles. The Morgan fingerprint density at radius 1 is 1.29 bits per heavy atom. The van der Waals surface area contributed by atoms with Gasteiger partial charge in [-0.3, -0.25) is 0 Å². The largest absolute Gasteiger partial charge is 0.395 e. The van der Waals surface area contributed by atoms with Crippen molar-refractivity contribution in [3.63, 3.8) is 0 Å². The van der Waals surface area contributed by atoms with E-state index in [-0.39, 0.29) is 11.4 Å². The summed E-state index contributed by atoms with van der Waals surface area (Å²) in [7, 11) is 0. The molecule has 0 aliphatic heterocycles. The van der Waals surface area contributed by atoms with Gasteiger partial charge in [0.05, 0.1) is 11.4 Å². The number of benzene rings is 1. The Bertz CT molecular complexity index is 537. The van der Waals surface area contributed by atoms with E-state index in [0.29, 0.717) is 6.54 Å². The summed E-state index contributed by atoms with van der Waals surface area (Å²) in [4.78, 5) is 0. The lowest BCUT2D eigenvalue weighted by Crippen LogP contribution is -2.04. The zero-order valence-electron chi connectivity index (χ0n) is 9.26. The molecule has 0 fully saturated rings. The molecular formula is C12H12F2N2S. The second-order valence-electron chi connectivity index (χ2n) is 3.78. The Hall–Kier alpha value is -1.62. The molecule has 1 aromatic carbocycles. The van der Waals surface area contributed by atoms with E-state index in [9.17, 15) is 8.78 Å². The number of hydrogen-bond donors (Lipinski definition) is 2. The van der Waals surface area contributed by atoms with Gasteiger partial charge in [-0.05, 0) is 34.9 Å². The van der Waals surface area contributed by atoms with Crippen molar-refractivity contribution in [1.29, 1.82) is 0 Å². The summed E-state index contributed by atoms with van der Waals surface area (Å²) in [5.41, 5.74) is 8.00. The lowest BCUT2D eigenvalue weighted by molar-refractivity contribution is 0.587. The monoisotopic (exact) mass is 254 g/mol. The standard InChI is InChI=1S/C12H12F2N2S/c1-7-5-17-6-8(7)4-16-11-3-9(13)2-10(14)12(11)15/h2-3,5-6,16H,4,15H2,1H3. The van der Waals surface area contributed by atoms with Gasteiger partial charge in [0.25, 0.3) is 0 Å². The lowest BCUT2D eigenvalue weighted by Gasteiger charge is -2.10. The smallest absolute Gasteiger partial charge is 0.151 e. The van der Waals surface area contributed by atoms with Gasteiger partial charge in [-0.25, -0.2) is 8.78 Å². The molecule has 0 bridgehead atoms. The number of thiophene rings is 1. The van der Waals surface area contributed by atoms with Crippen molar-refractivity contribution in [2.24, 2.45) is 0 Å². The van der Waals surface area contributed by atoms with E-state index >= 15 is 0 Å². The Kier molecular flexibility index (Phi) is 3.28. The maximum Gasteiger partial charge on any atom is 0.151 e. The predicted molar refractivity (Wildman–Crippen MR) is 67.2 cm³/mol. The molecule has 0 aliphatic carbocycles. The molecule has 5 heteroatoms. The summed E-state index contributed by atoms with van der Waals surface area (Å²) in [6, 6.07) is 1.97. The van der Waals surface area contributed by atoms with Crippen LogP contribution >= 0.6 is 11.3 Å². The normalized spacial score (nSPS) is 10.5. The average Bonchev–Trinajstić information content (AvgIpc) is 2.67. The first kappa shape index (κ1) is 11.9. The van der Waals surface area contributed by atoms with Crippen molar-refractivity contribution in [2.75, 3.05) is 11.1 Å². The summed E-state index contributed by atoms with van der Waals surface area (Å²) < 4.78 is 26.2. The van der Waals surface area contributed by atoms with E-state index < -0.39 is 11.6 Å². The molecule has 0 aliphatic rings. The van der Waals surface area contributed by atoms with Crippen molar-refractivity contribution < 1.29 is 8.78 Å². The fourth-order valence-corrected chi connectivity index (χ4v) is 2.35. The SMILES string of the molecule is Cc1cscc1CNc1cc(F)cc(F)c1N. The Labute approximate surface area is 102 Å². The second-order valence-corrected chi connectivity index (χ2v) is 4.53. The molecule has 2 nitrogen and oxygen atoms in total. The van der Waals surface area contributed by atoms with Crippen LogP contribution in [0.15, 0.2) is 22.9 Å². The molecule has 0 atom stereocenters. The summed E-state index contributed by atoms with van der Waals surface area (Å²) >= 11 is 1.59. The van der Waals surface area contributed by atoms with Crippen LogP contribution in [0.5, 0.6) is 0 Å². The van der Waals surface area contributed by atoms with Gasteiger partial charge in [-0.2, -0.15) is 11.3 Å². The second kappa shape index (κ2) is 4.71. The highest BCUT2D eigenvalue weighted by Crippen LogP contribution is 2.24. The fraction of sp³-hybridized carbons (Fsp3) is 0.167. The van der Waals surface area contributed by atoms with Crippen LogP contribution in [0, 0.1) is 18.6 Å². The Morgan fingerprint density at radius 3 is 2.71 bits per heavy atom. The third-order valence-corrected chi connectivity index (χ3v) is 3.44. The van der Waals surface area contributed by atoms with E-state index in [0.717, 1.165) is 17.2 Å². The molecule has 0 amide bonds. The summed E-state index contributed by atoms with van der Waals surface area (Å²) in [6.45, 7) is 2.49. The molecular weight excluding hydrogens is 242 g/mol. The van der Waals surface area contributed by atoms with E-state index in [1.807, 2.05) is 17.7 Å². The minimum absolute atomic E-state index is 0.0562. The molecule has 3 N–H and O–H groups in total. The molecule has 0 saturated carbocycles. The van der Waals surface area contributed by atoms with Gasteiger partial charge in [0, 0.05) is 12.6 Å².